The summed E-state index contributed by atoms with van der Waals surface area (Å²) in [6, 6.07) is 11.6. The number of carbonyl (C=O) groups excluding carboxylic acids is 2. The number of hydrogen-bond acceptors (Lipinski definition) is 3. The first kappa shape index (κ1) is 17.1. The van der Waals surface area contributed by atoms with Crippen molar-refractivity contribution >= 4 is 29.2 Å². The van der Waals surface area contributed by atoms with Crippen LogP contribution in [0.2, 0.25) is 0 Å². The van der Waals surface area contributed by atoms with Crippen molar-refractivity contribution < 1.29 is 14.0 Å². The van der Waals surface area contributed by atoms with E-state index in [0.717, 1.165) is 11.6 Å². The number of benzene rings is 2. The molecule has 1 aromatic heterocycles. The summed E-state index contributed by atoms with van der Waals surface area (Å²) in [5, 5.41) is 9.40. The molecule has 2 N–H and O–H groups in total. The van der Waals surface area contributed by atoms with Gasteiger partial charge in [-0.15, -0.1) is 0 Å². The summed E-state index contributed by atoms with van der Waals surface area (Å²) in [7, 11) is 0. The maximum absolute atomic E-state index is 14.0. The summed E-state index contributed by atoms with van der Waals surface area (Å²) in [5.74, 6) is -1.23. The van der Waals surface area contributed by atoms with E-state index >= 15 is 0 Å². The minimum absolute atomic E-state index is 0.181. The van der Waals surface area contributed by atoms with E-state index in [4.69, 9.17) is 11.0 Å². The maximum atomic E-state index is 14.0. The number of halogens is 1. The Morgan fingerprint density at radius 1 is 1.31 bits per heavy atom. The largest absolute Gasteiger partial charge is 0.366 e. The highest BCUT2D eigenvalue weighted by Crippen LogP contribution is 2.28. The standard InChI is InChI=1S/C20H13FN3O2/c21-16-8-15(5-2-6-25)19-17(9-16)18(20(23)26)12-24(19)11-14-4-1-3-13(7-14)10-22/h1-5,7-9,12H,11H2,(H2,23,26)/b5-2+. The number of primary amides is 1. The van der Waals surface area contributed by atoms with E-state index in [9.17, 15) is 14.0 Å². The van der Waals surface area contributed by atoms with Gasteiger partial charge in [0.1, 0.15) is 5.82 Å². The quantitative estimate of drug-likeness (QED) is 0.720. The molecule has 2 aromatic carbocycles. The van der Waals surface area contributed by atoms with Crippen molar-refractivity contribution in [2.75, 3.05) is 0 Å². The summed E-state index contributed by atoms with van der Waals surface area (Å²) in [6.07, 6.45) is 5.73. The molecular formula is C20H13FN3O2. The molecule has 26 heavy (non-hydrogen) atoms. The van der Waals surface area contributed by atoms with Gasteiger partial charge < -0.3 is 10.3 Å². The SMILES string of the molecule is N#Cc1cccc(Cn2cc(C(N)=O)c3cc(F)cc(/C=C/[C]=O)c32)c1. The fraction of sp³-hybridized carbons (Fsp3) is 0.0500. The second-order valence-electron chi connectivity index (χ2n) is 5.69. The van der Waals surface area contributed by atoms with Gasteiger partial charge in [-0.2, -0.15) is 5.26 Å². The summed E-state index contributed by atoms with van der Waals surface area (Å²) in [6.45, 7) is 0.344. The Morgan fingerprint density at radius 3 is 2.81 bits per heavy atom. The second kappa shape index (κ2) is 7.03. The molecular weight excluding hydrogens is 333 g/mol. The van der Waals surface area contributed by atoms with Gasteiger partial charge in [-0.1, -0.05) is 12.1 Å². The smallest absolute Gasteiger partial charge is 0.250 e. The van der Waals surface area contributed by atoms with Crippen molar-refractivity contribution in [1.29, 1.82) is 5.26 Å². The topological polar surface area (TPSA) is 88.9 Å². The van der Waals surface area contributed by atoms with Crippen LogP contribution < -0.4 is 5.73 Å². The Morgan fingerprint density at radius 2 is 2.12 bits per heavy atom. The lowest BCUT2D eigenvalue weighted by Crippen LogP contribution is -2.10. The van der Waals surface area contributed by atoms with Crippen molar-refractivity contribution in [3.63, 3.8) is 0 Å². The number of nitriles is 1. The van der Waals surface area contributed by atoms with Crippen LogP contribution in [0.25, 0.3) is 17.0 Å². The molecule has 0 aliphatic carbocycles. The number of amides is 1. The first-order chi connectivity index (χ1) is 12.5. The van der Waals surface area contributed by atoms with Gasteiger partial charge in [0.25, 0.3) is 5.91 Å². The highest BCUT2D eigenvalue weighted by Gasteiger charge is 2.17. The van der Waals surface area contributed by atoms with Crippen molar-refractivity contribution in [2.24, 2.45) is 5.73 Å². The first-order valence-corrected chi connectivity index (χ1v) is 7.69. The molecule has 0 spiro atoms. The molecule has 0 unspecified atom stereocenters. The lowest BCUT2D eigenvalue weighted by molar-refractivity contribution is 0.100. The first-order valence-electron chi connectivity index (χ1n) is 7.69. The highest BCUT2D eigenvalue weighted by molar-refractivity contribution is 6.08. The van der Waals surface area contributed by atoms with Crippen LogP contribution in [-0.2, 0) is 11.3 Å². The molecule has 0 fully saturated rings. The Hall–Kier alpha value is -3.72. The van der Waals surface area contributed by atoms with Gasteiger partial charge in [-0.3, -0.25) is 9.59 Å². The van der Waals surface area contributed by atoms with Crippen LogP contribution in [0, 0.1) is 17.1 Å². The van der Waals surface area contributed by atoms with Crippen LogP contribution in [0.4, 0.5) is 4.39 Å². The zero-order valence-corrected chi connectivity index (χ0v) is 13.6. The number of carbonyl (C=O) groups is 1. The molecule has 0 bridgehead atoms. The zero-order valence-electron chi connectivity index (χ0n) is 13.6. The molecule has 127 valence electrons. The monoisotopic (exact) mass is 346 g/mol. The highest BCUT2D eigenvalue weighted by atomic mass is 19.1. The number of allylic oxidation sites excluding steroid dienone is 1. The van der Waals surface area contributed by atoms with Gasteiger partial charge in [0.2, 0.25) is 6.29 Å². The Balaban J connectivity index is 2.23. The lowest BCUT2D eigenvalue weighted by Gasteiger charge is -2.08. The molecule has 1 amide bonds. The summed E-state index contributed by atoms with van der Waals surface area (Å²) in [4.78, 5) is 22.3. The third kappa shape index (κ3) is 3.23. The van der Waals surface area contributed by atoms with Gasteiger partial charge >= 0.3 is 0 Å². The van der Waals surface area contributed by atoms with E-state index in [-0.39, 0.29) is 5.56 Å². The maximum Gasteiger partial charge on any atom is 0.250 e. The number of hydrogen-bond donors (Lipinski definition) is 1. The van der Waals surface area contributed by atoms with Crippen LogP contribution in [0.1, 0.15) is 27.0 Å². The average molecular weight is 346 g/mol. The third-order valence-electron chi connectivity index (χ3n) is 3.97. The minimum atomic E-state index is -0.679. The molecule has 1 heterocycles. The fourth-order valence-electron chi connectivity index (χ4n) is 2.94. The van der Waals surface area contributed by atoms with Crippen molar-refractivity contribution in [1.82, 2.24) is 4.57 Å². The number of aromatic nitrogens is 1. The normalized spacial score (nSPS) is 10.9. The van der Waals surface area contributed by atoms with Crippen LogP contribution >= 0.6 is 0 Å². The predicted molar refractivity (Wildman–Crippen MR) is 95.4 cm³/mol. The molecule has 0 saturated carbocycles. The number of nitrogens with two attached hydrogens (primary N) is 1. The molecule has 0 aliphatic rings. The van der Waals surface area contributed by atoms with Crippen LogP contribution in [-0.4, -0.2) is 16.8 Å². The minimum Gasteiger partial charge on any atom is -0.366 e. The molecule has 0 saturated heterocycles. The van der Waals surface area contributed by atoms with E-state index in [0.29, 0.717) is 28.6 Å². The summed E-state index contributed by atoms with van der Waals surface area (Å²) in [5.41, 5.74) is 7.94. The Labute approximate surface area is 148 Å². The molecule has 1 radical (unpaired) electrons. The van der Waals surface area contributed by atoms with Gasteiger partial charge in [0, 0.05) is 23.7 Å². The van der Waals surface area contributed by atoms with Crippen molar-refractivity contribution in [3.8, 4) is 6.07 Å². The number of nitrogens with zero attached hydrogens (tertiary/aromatic N) is 2. The van der Waals surface area contributed by atoms with E-state index in [1.54, 1.807) is 35.2 Å². The van der Waals surface area contributed by atoms with E-state index in [1.807, 2.05) is 6.07 Å². The number of fused-ring (bicyclic) bond motifs is 1. The van der Waals surface area contributed by atoms with Crippen LogP contribution in [0.5, 0.6) is 0 Å². The molecule has 5 nitrogen and oxygen atoms in total. The molecule has 3 aromatic rings. The van der Waals surface area contributed by atoms with Crippen LogP contribution in [0.3, 0.4) is 0 Å². The zero-order chi connectivity index (χ0) is 18.7. The average Bonchev–Trinajstić information content (AvgIpc) is 2.98. The van der Waals surface area contributed by atoms with Gasteiger partial charge in [0.15, 0.2) is 0 Å². The van der Waals surface area contributed by atoms with E-state index in [2.05, 4.69) is 6.07 Å². The molecule has 0 atom stereocenters. The van der Waals surface area contributed by atoms with E-state index < -0.39 is 11.7 Å². The van der Waals surface area contributed by atoms with Crippen molar-refractivity contribution in [2.45, 2.75) is 6.54 Å². The van der Waals surface area contributed by atoms with Gasteiger partial charge in [-0.25, -0.2) is 4.39 Å². The molecule has 0 aliphatic heterocycles. The van der Waals surface area contributed by atoms with Gasteiger partial charge in [0.05, 0.1) is 22.7 Å². The molecule has 3 rings (SSSR count). The third-order valence-corrected chi connectivity index (χ3v) is 3.97. The lowest BCUT2D eigenvalue weighted by atomic mass is 10.1. The Kier molecular flexibility index (Phi) is 4.63. The summed E-state index contributed by atoms with van der Waals surface area (Å²) < 4.78 is 15.7. The summed E-state index contributed by atoms with van der Waals surface area (Å²) >= 11 is 0. The molecule has 6 heteroatoms. The number of rotatable bonds is 5. The van der Waals surface area contributed by atoms with Crippen molar-refractivity contribution in [3.05, 3.63) is 76.7 Å². The Bertz CT molecular complexity index is 1090. The van der Waals surface area contributed by atoms with Gasteiger partial charge in [-0.05, 0) is 42.0 Å². The van der Waals surface area contributed by atoms with Crippen LogP contribution in [0.15, 0.2) is 48.7 Å². The predicted octanol–water partition coefficient (Wildman–Crippen LogP) is 2.92. The second-order valence-corrected chi connectivity index (χ2v) is 5.69. The fourth-order valence-corrected chi connectivity index (χ4v) is 2.94. The van der Waals surface area contributed by atoms with E-state index in [1.165, 1.54) is 18.2 Å².